The summed E-state index contributed by atoms with van der Waals surface area (Å²) in [5, 5.41) is 0. The SMILES string of the molecule is CC(C)c1cc(-c2ncoc2-c2ccc(CN3CCCC3)cc2)c(OCc2ccccc2)cc1OCc1ccccc1. The van der Waals surface area contributed by atoms with Gasteiger partial charge in [-0.25, -0.2) is 4.98 Å². The van der Waals surface area contributed by atoms with Crippen molar-refractivity contribution in [3.63, 3.8) is 0 Å². The molecule has 1 fully saturated rings. The summed E-state index contributed by atoms with van der Waals surface area (Å²) in [6, 6.07) is 33.3. The van der Waals surface area contributed by atoms with E-state index >= 15 is 0 Å². The Morgan fingerprint density at radius 3 is 1.98 bits per heavy atom. The first kappa shape index (κ1) is 27.8. The molecule has 0 spiro atoms. The molecule has 0 saturated carbocycles. The van der Waals surface area contributed by atoms with Crippen molar-refractivity contribution in [1.82, 2.24) is 9.88 Å². The van der Waals surface area contributed by atoms with Gasteiger partial charge in [-0.1, -0.05) is 98.8 Å². The Bertz CT molecular complexity index is 1570. The standard InChI is InChI=1S/C37H38N2O3/c1-27(2)32-21-33(36-37(42-26-38-36)31-17-15-28(16-18-31)23-39-19-9-10-20-39)35(41-25-30-13-7-4-8-14-30)22-34(32)40-24-29-11-5-3-6-12-29/h3-8,11-18,21-22,26-27H,9-10,19-20,23-25H2,1-2H3. The Labute approximate surface area is 248 Å². The Morgan fingerprint density at radius 1 is 0.738 bits per heavy atom. The summed E-state index contributed by atoms with van der Waals surface area (Å²) >= 11 is 0. The summed E-state index contributed by atoms with van der Waals surface area (Å²) in [6.45, 7) is 8.64. The fourth-order valence-corrected chi connectivity index (χ4v) is 5.53. The van der Waals surface area contributed by atoms with Crippen LogP contribution in [-0.4, -0.2) is 23.0 Å². The largest absolute Gasteiger partial charge is 0.488 e. The highest BCUT2D eigenvalue weighted by molar-refractivity contribution is 5.81. The van der Waals surface area contributed by atoms with Crippen molar-refractivity contribution >= 4 is 0 Å². The molecule has 1 aromatic heterocycles. The molecule has 6 rings (SSSR count). The third-order valence-corrected chi connectivity index (χ3v) is 7.85. The maximum atomic E-state index is 6.49. The van der Waals surface area contributed by atoms with Gasteiger partial charge < -0.3 is 13.9 Å². The summed E-state index contributed by atoms with van der Waals surface area (Å²) in [5.41, 5.74) is 7.29. The van der Waals surface area contributed by atoms with Crippen molar-refractivity contribution in [2.45, 2.75) is 52.4 Å². The van der Waals surface area contributed by atoms with Crippen molar-refractivity contribution in [3.05, 3.63) is 126 Å². The molecule has 4 aromatic carbocycles. The van der Waals surface area contributed by atoms with Gasteiger partial charge in [-0.05, 0) is 60.2 Å². The normalized spacial score (nSPS) is 13.5. The molecular weight excluding hydrogens is 520 g/mol. The number of rotatable bonds is 11. The third-order valence-electron chi connectivity index (χ3n) is 7.85. The van der Waals surface area contributed by atoms with E-state index in [1.807, 2.05) is 42.5 Å². The number of likely N-dealkylation sites (tertiary alicyclic amines) is 1. The highest BCUT2D eigenvalue weighted by atomic mass is 16.5. The molecule has 2 heterocycles. The minimum Gasteiger partial charge on any atom is -0.488 e. The number of hydrogen-bond donors (Lipinski definition) is 0. The van der Waals surface area contributed by atoms with Gasteiger partial charge in [-0.15, -0.1) is 0 Å². The van der Waals surface area contributed by atoms with Crippen LogP contribution in [0.1, 0.15) is 54.9 Å². The second-order valence-electron chi connectivity index (χ2n) is 11.3. The van der Waals surface area contributed by atoms with Crippen molar-refractivity contribution in [2.75, 3.05) is 13.1 Å². The van der Waals surface area contributed by atoms with E-state index in [1.165, 1.54) is 37.9 Å². The summed E-state index contributed by atoms with van der Waals surface area (Å²) in [5.74, 6) is 2.50. The molecule has 5 aromatic rings. The van der Waals surface area contributed by atoms with Crippen LogP contribution in [0.5, 0.6) is 11.5 Å². The van der Waals surface area contributed by atoms with Crippen LogP contribution in [-0.2, 0) is 19.8 Å². The molecule has 5 nitrogen and oxygen atoms in total. The lowest BCUT2D eigenvalue weighted by molar-refractivity contribution is 0.288. The van der Waals surface area contributed by atoms with Gasteiger partial charge in [0.25, 0.3) is 0 Å². The zero-order valence-corrected chi connectivity index (χ0v) is 24.5. The second-order valence-corrected chi connectivity index (χ2v) is 11.3. The number of nitrogens with zero attached hydrogens (tertiary/aromatic N) is 2. The molecule has 0 atom stereocenters. The number of aromatic nitrogens is 1. The third kappa shape index (κ3) is 6.58. The van der Waals surface area contributed by atoms with E-state index in [2.05, 4.69) is 73.3 Å². The Kier molecular flexibility index (Phi) is 8.67. The number of oxazole rings is 1. The topological polar surface area (TPSA) is 47.7 Å². The van der Waals surface area contributed by atoms with Crippen LogP contribution >= 0.6 is 0 Å². The average molecular weight is 559 g/mol. The fourth-order valence-electron chi connectivity index (χ4n) is 5.53. The van der Waals surface area contributed by atoms with Crippen LogP contribution in [0.25, 0.3) is 22.6 Å². The van der Waals surface area contributed by atoms with Crippen LogP contribution in [0.2, 0.25) is 0 Å². The predicted molar refractivity (Wildman–Crippen MR) is 168 cm³/mol. The van der Waals surface area contributed by atoms with Gasteiger partial charge in [-0.2, -0.15) is 0 Å². The quantitative estimate of drug-likeness (QED) is 0.162. The Morgan fingerprint density at radius 2 is 1.36 bits per heavy atom. The van der Waals surface area contributed by atoms with Crippen molar-refractivity contribution in [1.29, 1.82) is 0 Å². The minimum absolute atomic E-state index is 0.234. The van der Waals surface area contributed by atoms with Crippen LogP contribution in [0, 0.1) is 0 Å². The molecule has 1 aliphatic rings. The van der Waals surface area contributed by atoms with E-state index in [4.69, 9.17) is 18.9 Å². The zero-order chi connectivity index (χ0) is 28.7. The van der Waals surface area contributed by atoms with Gasteiger partial charge in [0.1, 0.15) is 30.4 Å². The molecule has 0 N–H and O–H groups in total. The molecule has 5 heteroatoms. The highest BCUT2D eigenvalue weighted by Gasteiger charge is 2.22. The Balaban J connectivity index is 1.35. The summed E-state index contributed by atoms with van der Waals surface area (Å²) in [4.78, 5) is 7.23. The smallest absolute Gasteiger partial charge is 0.182 e. The fraction of sp³-hybridized carbons (Fsp3) is 0.270. The predicted octanol–water partition coefficient (Wildman–Crippen LogP) is 8.89. The van der Waals surface area contributed by atoms with E-state index in [1.54, 1.807) is 0 Å². The minimum atomic E-state index is 0.234. The molecule has 0 bridgehead atoms. The van der Waals surface area contributed by atoms with Crippen LogP contribution in [0.3, 0.4) is 0 Å². The van der Waals surface area contributed by atoms with Crippen LogP contribution < -0.4 is 9.47 Å². The lowest BCUT2D eigenvalue weighted by atomic mass is 9.96. The van der Waals surface area contributed by atoms with E-state index in [-0.39, 0.29) is 5.92 Å². The van der Waals surface area contributed by atoms with Crippen LogP contribution in [0.15, 0.2) is 108 Å². The van der Waals surface area contributed by atoms with Gasteiger partial charge in [0.2, 0.25) is 0 Å². The van der Waals surface area contributed by atoms with E-state index in [0.29, 0.717) is 19.0 Å². The van der Waals surface area contributed by atoms with E-state index in [9.17, 15) is 0 Å². The maximum Gasteiger partial charge on any atom is 0.182 e. The van der Waals surface area contributed by atoms with Crippen LogP contribution in [0.4, 0.5) is 0 Å². The molecule has 0 radical (unpaired) electrons. The average Bonchev–Trinajstić information content (AvgIpc) is 3.73. The van der Waals surface area contributed by atoms with Crippen molar-refractivity contribution < 1.29 is 13.9 Å². The van der Waals surface area contributed by atoms with Gasteiger partial charge in [0.15, 0.2) is 12.2 Å². The number of hydrogen-bond acceptors (Lipinski definition) is 5. The summed E-state index contributed by atoms with van der Waals surface area (Å²) < 4.78 is 18.9. The molecule has 214 valence electrons. The van der Waals surface area contributed by atoms with E-state index < -0.39 is 0 Å². The van der Waals surface area contributed by atoms with Crippen molar-refractivity contribution in [2.24, 2.45) is 0 Å². The first-order valence-corrected chi connectivity index (χ1v) is 14.9. The molecule has 42 heavy (non-hydrogen) atoms. The molecule has 1 aliphatic heterocycles. The Hall–Kier alpha value is -4.35. The summed E-state index contributed by atoms with van der Waals surface area (Å²) in [6.07, 6.45) is 4.11. The molecular formula is C37H38N2O3. The second kappa shape index (κ2) is 13.1. The first-order valence-electron chi connectivity index (χ1n) is 14.9. The molecule has 0 aliphatic carbocycles. The van der Waals surface area contributed by atoms with E-state index in [0.717, 1.165) is 51.6 Å². The van der Waals surface area contributed by atoms with Gasteiger partial charge in [0, 0.05) is 23.7 Å². The maximum absolute atomic E-state index is 6.49. The molecule has 1 saturated heterocycles. The van der Waals surface area contributed by atoms with Gasteiger partial charge in [-0.3, -0.25) is 4.90 Å². The van der Waals surface area contributed by atoms with Gasteiger partial charge >= 0.3 is 0 Å². The number of benzene rings is 4. The highest BCUT2D eigenvalue weighted by Crippen LogP contribution is 2.42. The monoisotopic (exact) mass is 558 g/mol. The zero-order valence-electron chi connectivity index (χ0n) is 24.5. The first-order chi connectivity index (χ1) is 20.6. The van der Waals surface area contributed by atoms with Gasteiger partial charge in [0.05, 0.1) is 0 Å². The van der Waals surface area contributed by atoms with Crippen molar-refractivity contribution in [3.8, 4) is 34.1 Å². The molecule has 0 amide bonds. The lowest BCUT2D eigenvalue weighted by Crippen LogP contribution is -2.18. The number of ether oxygens (including phenoxy) is 2. The lowest BCUT2D eigenvalue weighted by Gasteiger charge is -2.19. The molecule has 0 unspecified atom stereocenters. The summed E-state index contributed by atoms with van der Waals surface area (Å²) in [7, 11) is 0.